The zero-order valence-electron chi connectivity index (χ0n) is 8.92. The Morgan fingerprint density at radius 3 is 2.93 bits per heavy atom. The molecule has 1 fully saturated rings. The van der Waals surface area contributed by atoms with Crippen molar-refractivity contribution >= 4 is 5.96 Å². The first kappa shape index (κ1) is 9.77. The minimum atomic E-state index is 0.504. The molecule has 2 aliphatic heterocycles. The molecule has 0 saturated carbocycles. The maximum absolute atomic E-state index is 4.36. The van der Waals surface area contributed by atoms with Crippen molar-refractivity contribution in [3.63, 3.8) is 0 Å². The summed E-state index contributed by atoms with van der Waals surface area (Å²) in [5.41, 5.74) is 0. The van der Waals surface area contributed by atoms with E-state index < -0.39 is 0 Å². The van der Waals surface area contributed by atoms with Crippen LogP contribution in [0.2, 0.25) is 0 Å². The van der Waals surface area contributed by atoms with Crippen molar-refractivity contribution in [3.8, 4) is 0 Å². The van der Waals surface area contributed by atoms with E-state index in [0.717, 1.165) is 25.6 Å². The molecule has 4 nitrogen and oxygen atoms in total. The Morgan fingerprint density at radius 1 is 1.50 bits per heavy atom. The highest BCUT2D eigenvalue weighted by atomic mass is 15.2. The van der Waals surface area contributed by atoms with Crippen molar-refractivity contribution in [3.05, 3.63) is 0 Å². The van der Waals surface area contributed by atoms with Crippen LogP contribution in [0.4, 0.5) is 0 Å². The van der Waals surface area contributed by atoms with Gasteiger partial charge in [0.15, 0.2) is 5.96 Å². The van der Waals surface area contributed by atoms with E-state index in [1.807, 2.05) is 0 Å². The van der Waals surface area contributed by atoms with Crippen LogP contribution in [0.5, 0.6) is 0 Å². The van der Waals surface area contributed by atoms with Gasteiger partial charge in [0, 0.05) is 19.1 Å². The van der Waals surface area contributed by atoms with E-state index in [9.17, 15) is 0 Å². The monoisotopic (exact) mass is 196 g/mol. The first-order chi connectivity index (χ1) is 6.84. The van der Waals surface area contributed by atoms with Crippen molar-refractivity contribution in [1.82, 2.24) is 15.5 Å². The molecule has 0 aromatic carbocycles. The fourth-order valence-corrected chi connectivity index (χ4v) is 2.00. The lowest BCUT2D eigenvalue weighted by atomic mass is 10.4. The highest BCUT2D eigenvalue weighted by Gasteiger charge is 2.13. The molecule has 1 saturated heterocycles. The molecule has 0 aromatic rings. The molecule has 0 amide bonds. The van der Waals surface area contributed by atoms with Crippen LogP contribution < -0.4 is 10.6 Å². The molecule has 4 heteroatoms. The molecule has 2 heterocycles. The molecule has 14 heavy (non-hydrogen) atoms. The van der Waals surface area contributed by atoms with Crippen LogP contribution in [-0.2, 0) is 0 Å². The summed E-state index contributed by atoms with van der Waals surface area (Å²) in [6, 6.07) is 0.504. The van der Waals surface area contributed by atoms with Gasteiger partial charge in [-0.3, -0.25) is 4.99 Å². The van der Waals surface area contributed by atoms with Gasteiger partial charge in [-0.05, 0) is 32.9 Å². The molecule has 1 unspecified atom stereocenters. The lowest BCUT2D eigenvalue weighted by molar-refractivity contribution is 0.343. The van der Waals surface area contributed by atoms with Crippen LogP contribution in [0.3, 0.4) is 0 Å². The second-order valence-corrected chi connectivity index (χ2v) is 4.21. The predicted octanol–water partition coefficient (Wildman–Crippen LogP) is 0.0195. The number of nitrogens with one attached hydrogen (secondary N) is 2. The van der Waals surface area contributed by atoms with Gasteiger partial charge in [0.2, 0.25) is 0 Å². The van der Waals surface area contributed by atoms with Crippen LogP contribution >= 0.6 is 0 Å². The highest BCUT2D eigenvalue weighted by molar-refractivity contribution is 5.81. The van der Waals surface area contributed by atoms with Gasteiger partial charge in [0.1, 0.15) is 0 Å². The van der Waals surface area contributed by atoms with Crippen LogP contribution in [-0.4, -0.2) is 49.6 Å². The maximum Gasteiger partial charge on any atom is 0.191 e. The van der Waals surface area contributed by atoms with Crippen LogP contribution in [0.15, 0.2) is 4.99 Å². The Kier molecular flexibility index (Phi) is 3.24. The molecule has 80 valence electrons. The lowest BCUT2D eigenvalue weighted by Crippen LogP contribution is -2.41. The summed E-state index contributed by atoms with van der Waals surface area (Å²) < 4.78 is 0. The Bertz CT molecular complexity index is 208. The lowest BCUT2D eigenvalue weighted by Gasteiger charge is -2.15. The first-order valence-corrected chi connectivity index (χ1v) is 5.62. The predicted molar refractivity (Wildman–Crippen MR) is 58.6 cm³/mol. The maximum atomic E-state index is 4.36. The number of nitrogens with zero attached hydrogens (tertiary/aromatic N) is 2. The number of guanidine groups is 1. The molecule has 2 rings (SSSR count). The van der Waals surface area contributed by atoms with Gasteiger partial charge < -0.3 is 15.5 Å². The molecule has 2 N–H and O–H groups in total. The van der Waals surface area contributed by atoms with Gasteiger partial charge in [-0.1, -0.05) is 0 Å². The first-order valence-electron chi connectivity index (χ1n) is 5.62. The number of hydrogen-bond acceptors (Lipinski definition) is 4. The van der Waals surface area contributed by atoms with Crippen molar-refractivity contribution in [2.24, 2.45) is 4.99 Å². The zero-order valence-corrected chi connectivity index (χ0v) is 8.92. The van der Waals surface area contributed by atoms with Crippen molar-refractivity contribution in [1.29, 1.82) is 0 Å². The van der Waals surface area contributed by atoms with E-state index in [-0.39, 0.29) is 0 Å². The number of rotatable bonds is 3. The molecule has 2 aliphatic rings. The second kappa shape index (κ2) is 4.64. The van der Waals surface area contributed by atoms with Gasteiger partial charge in [-0.2, -0.15) is 0 Å². The normalized spacial score (nSPS) is 27.5. The molecule has 0 spiro atoms. The Labute approximate surface area is 85.8 Å². The van der Waals surface area contributed by atoms with E-state index in [1.165, 1.54) is 25.9 Å². The van der Waals surface area contributed by atoms with E-state index in [2.05, 4.69) is 27.4 Å². The van der Waals surface area contributed by atoms with E-state index in [1.54, 1.807) is 0 Å². The van der Waals surface area contributed by atoms with Crippen molar-refractivity contribution in [2.45, 2.75) is 25.8 Å². The average Bonchev–Trinajstić information content (AvgIpc) is 2.77. The molecule has 0 aliphatic carbocycles. The molecular formula is C10H20N4. The number of hydrogen-bond donors (Lipinski definition) is 2. The summed E-state index contributed by atoms with van der Waals surface area (Å²) >= 11 is 0. The third-order valence-corrected chi connectivity index (χ3v) is 2.83. The standard InChI is InChI=1S/C10H20N4/c1-9-8-12-10(13-9)11-4-7-14-5-2-3-6-14/h9H,2-8H2,1H3,(H2,11,12,13). The summed E-state index contributed by atoms with van der Waals surface area (Å²) in [7, 11) is 0. The summed E-state index contributed by atoms with van der Waals surface area (Å²) in [6.07, 6.45) is 2.74. The highest BCUT2D eigenvalue weighted by Crippen LogP contribution is 2.05. The Hall–Kier alpha value is -0.770. The van der Waals surface area contributed by atoms with Crippen LogP contribution in [0.25, 0.3) is 0 Å². The molecule has 0 bridgehead atoms. The van der Waals surface area contributed by atoms with Gasteiger partial charge in [0.25, 0.3) is 0 Å². The van der Waals surface area contributed by atoms with Crippen molar-refractivity contribution < 1.29 is 0 Å². The number of likely N-dealkylation sites (tertiary alicyclic amines) is 1. The SMILES string of the molecule is CC1CN=C(NCCN2CCCC2)N1. The molecular weight excluding hydrogens is 176 g/mol. The van der Waals surface area contributed by atoms with E-state index in [4.69, 9.17) is 0 Å². The third kappa shape index (κ3) is 2.61. The average molecular weight is 196 g/mol. The molecule has 0 aromatic heterocycles. The van der Waals surface area contributed by atoms with Gasteiger partial charge >= 0.3 is 0 Å². The summed E-state index contributed by atoms with van der Waals surface area (Å²) in [6.45, 7) is 7.77. The summed E-state index contributed by atoms with van der Waals surface area (Å²) in [4.78, 5) is 6.86. The number of aliphatic imine (C=N–C) groups is 1. The van der Waals surface area contributed by atoms with Gasteiger partial charge in [0.05, 0.1) is 6.54 Å². The second-order valence-electron chi connectivity index (χ2n) is 4.21. The Balaban J connectivity index is 1.58. The topological polar surface area (TPSA) is 39.7 Å². The van der Waals surface area contributed by atoms with E-state index >= 15 is 0 Å². The minimum Gasteiger partial charge on any atom is -0.355 e. The minimum absolute atomic E-state index is 0.504. The van der Waals surface area contributed by atoms with Gasteiger partial charge in [-0.15, -0.1) is 0 Å². The summed E-state index contributed by atoms with van der Waals surface area (Å²) in [5, 5.41) is 6.64. The fourth-order valence-electron chi connectivity index (χ4n) is 2.00. The quantitative estimate of drug-likeness (QED) is 0.668. The van der Waals surface area contributed by atoms with Crippen LogP contribution in [0, 0.1) is 0 Å². The molecule has 1 atom stereocenters. The zero-order chi connectivity index (χ0) is 9.80. The Morgan fingerprint density at radius 2 is 2.29 bits per heavy atom. The fraction of sp³-hybridized carbons (Fsp3) is 0.900. The summed E-state index contributed by atoms with van der Waals surface area (Å²) in [5.74, 6) is 0.983. The van der Waals surface area contributed by atoms with Crippen molar-refractivity contribution in [2.75, 3.05) is 32.7 Å². The van der Waals surface area contributed by atoms with Gasteiger partial charge in [-0.25, -0.2) is 0 Å². The van der Waals surface area contributed by atoms with Crippen LogP contribution in [0.1, 0.15) is 19.8 Å². The smallest absolute Gasteiger partial charge is 0.191 e. The molecule has 0 radical (unpaired) electrons. The largest absolute Gasteiger partial charge is 0.355 e. The third-order valence-electron chi connectivity index (χ3n) is 2.83. The van der Waals surface area contributed by atoms with E-state index in [0.29, 0.717) is 6.04 Å².